The average Bonchev–Trinajstić information content (AvgIpc) is 2.29. The van der Waals surface area contributed by atoms with Gasteiger partial charge in [0, 0.05) is 5.92 Å². The molecule has 0 saturated carbocycles. The van der Waals surface area contributed by atoms with Crippen LogP contribution in [0.5, 0.6) is 0 Å². The molecular formula is C11H12I2OSm. The van der Waals surface area contributed by atoms with Crippen molar-refractivity contribution >= 4 is 28.6 Å². The summed E-state index contributed by atoms with van der Waals surface area (Å²) in [6, 6.07) is 9.78. The van der Waals surface area contributed by atoms with Crippen LogP contribution < -0.4 is 0 Å². The third-order valence-corrected chi connectivity index (χ3v) is 1.89. The van der Waals surface area contributed by atoms with Gasteiger partial charge in [-0.3, -0.25) is 0 Å². The van der Waals surface area contributed by atoms with E-state index in [2.05, 4.69) is 40.9 Å². The molecule has 82 valence electrons. The molecule has 1 atom stereocenters. The van der Waals surface area contributed by atoms with E-state index < -0.39 is 0 Å². The molecule has 0 radical (unpaired) electrons. The molecule has 0 bridgehead atoms. The molecule has 0 heterocycles. The molecule has 1 aromatic carbocycles. The van der Waals surface area contributed by atoms with E-state index in [9.17, 15) is 5.11 Å². The quantitative estimate of drug-likeness (QED) is 0.312. The van der Waals surface area contributed by atoms with Crippen LogP contribution in [0.25, 0.3) is 0 Å². The zero-order valence-corrected chi connectivity index (χ0v) is 15.2. The molecule has 0 aliphatic rings. The van der Waals surface area contributed by atoms with Crippen LogP contribution in [0.1, 0.15) is 18.4 Å². The molecule has 0 aromatic heterocycles. The minimum atomic E-state index is -0.0105. The molecule has 0 fully saturated rings. The molecule has 4 heteroatoms. The second kappa shape index (κ2) is 10.5. The maximum absolute atomic E-state index is 9.32. The normalized spacial score (nSPS) is 10.6. The van der Waals surface area contributed by atoms with Gasteiger partial charge in [-0.25, -0.2) is 0 Å². The fraction of sp³-hybridized carbons (Fsp3) is 0.182. The van der Waals surface area contributed by atoms with Gasteiger partial charge < -0.3 is 5.11 Å². The van der Waals surface area contributed by atoms with Crippen molar-refractivity contribution < 1.29 is 30.6 Å². The fourth-order valence-electron chi connectivity index (χ4n) is 1.05. The minimum absolute atomic E-state index is 0.0105. The van der Waals surface area contributed by atoms with Crippen molar-refractivity contribution in [2.45, 2.75) is 12.8 Å². The van der Waals surface area contributed by atoms with Gasteiger partial charge in [0.1, 0.15) is 5.76 Å². The number of hydrogen-bond acceptors (Lipinski definition) is 1. The molecule has 0 spiro atoms. The van der Waals surface area contributed by atoms with Crippen LogP contribution in [0.2, 0.25) is 0 Å². The summed E-state index contributed by atoms with van der Waals surface area (Å²) in [5, 5.41) is 9.32. The van der Waals surface area contributed by atoms with Crippen LogP contribution in [-0.4, -0.2) is 5.11 Å². The van der Waals surface area contributed by atoms with Gasteiger partial charge in [0.15, 0.2) is 0 Å². The molecule has 1 unspecified atom stereocenters. The Morgan fingerprint density at radius 3 is 2.27 bits per heavy atom. The van der Waals surface area contributed by atoms with Crippen molar-refractivity contribution in [1.29, 1.82) is 0 Å². The Morgan fingerprint density at radius 2 is 1.87 bits per heavy atom. The van der Waals surface area contributed by atoms with Gasteiger partial charge in [0.2, 0.25) is 0 Å². The van der Waals surface area contributed by atoms with Crippen molar-refractivity contribution in [1.82, 2.24) is 0 Å². The topological polar surface area (TPSA) is 20.2 Å². The Morgan fingerprint density at radius 1 is 1.40 bits per heavy atom. The Bertz CT molecular complexity index is 321. The number of hydrogen-bond donors (Lipinski definition) is 1. The van der Waals surface area contributed by atoms with E-state index in [-0.39, 0.29) is 37.1 Å². The fourth-order valence-corrected chi connectivity index (χ4v) is 1.05. The van der Waals surface area contributed by atoms with Crippen LogP contribution in [0, 0.1) is 25.5 Å². The summed E-state index contributed by atoms with van der Waals surface area (Å²) in [4.78, 5) is 0. The van der Waals surface area contributed by atoms with E-state index in [1.165, 1.54) is 0 Å². The van der Waals surface area contributed by atoms with Crippen molar-refractivity contribution in [2.75, 3.05) is 0 Å². The first-order valence-electron chi connectivity index (χ1n) is 4.20. The van der Waals surface area contributed by atoms with Crippen LogP contribution in [0.3, 0.4) is 0 Å². The van der Waals surface area contributed by atoms with Crippen molar-refractivity contribution in [2.24, 2.45) is 0 Å². The summed E-state index contributed by atoms with van der Waals surface area (Å²) < 4.78 is 0. The molecule has 0 amide bonds. The molecular weight excluding hydrogens is 552 g/mol. The van der Waals surface area contributed by atoms with E-state index in [1.54, 1.807) is 0 Å². The zero-order chi connectivity index (χ0) is 11.7. The molecule has 1 aromatic rings. The van der Waals surface area contributed by atoms with Crippen molar-refractivity contribution in [3.8, 4) is 0 Å². The summed E-state index contributed by atoms with van der Waals surface area (Å²) in [5.74, 6) is 0.185. The van der Waals surface area contributed by atoms with Crippen LogP contribution in [0.4, 0.5) is 0 Å². The van der Waals surface area contributed by atoms with Gasteiger partial charge in [-0.05, 0) is 5.56 Å². The Labute approximate surface area is 123 Å². The van der Waals surface area contributed by atoms with Crippen molar-refractivity contribution in [3.63, 3.8) is 0 Å². The van der Waals surface area contributed by atoms with Gasteiger partial charge >= 0.3 is 54.0 Å². The van der Waals surface area contributed by atoms with E-state index in [0.717, 1.165) is 5.56 Å². The number of benzene rings is 1. The van der Waals surface area contributed by atoms with E-state index in [1.807, 2.05) is 37.3 Å². The molecule has 0 aliphatic heterocycles. The number of rotatable bonds is 2. The standard InChI is InChI=1S/C11H12O.2HI.Sm/c1-3-11(12)9(2)10-7-5-4-6-8-10;;;/h4-9,12H,1H2,2H3;2*1H;/q;;;+2/p-2. The second-order valence-electron chi connectivity index (χ2n) is 2.75. The van der Waals surface area contributed by atoms with Gasteiger partial charge in [-0.15, -0.1) is 0 Å². The first-order valence-corrected chi connectivity index (χ1v) is 19.2. The number of halogens is 2. The Kier molecular flexibility index (Phi) is 11.4. The third kappa shape index (κ3) is 7.30. The summed E-state index contributed by atoms with van der Waals surface area (Å²) in [7, 11) is 0. The average molecular weight is 564 g/mol. The first kappa shape index (κ1) is 16.3. The van der Waals surface area contributed by atoms with E-state index >= 15 is 0 Å². The van der Waals surface area contributed by atoms with E-state index in [0.29, 0.717) is 0 Å². The third-order valence-electron chi connectivity index (χ3n) is 1.89. The summed E-state index contributed by atoms with van der Waals surface area (Å²) in [5.41, 5.74) is 3.56. The number of aliphatic hydroxyl groups excluding tert-OH is 1. The Balaban J connectivity index is 0.000000583. The zero-order valence-electron chi connectivity index (χ0n) is 8.28. The maximum atomic E-state index is 9.32. The molecule has 1 nitrogen and oxygen atoms in total. The summed E-state index contributed by atoms with van der Waals surface area (Å²) in [6.07, 6.45) is 0. The van der Waals surface area contributed by atoms with Crippen LogP contribution >= 0.6 is 28.6 Å². The molecule has 1 N–H and O–H groups in total. The van der Waals surface area contributed by atoms with E-state index in [4.69, 9.17) is 0 Å². The summed E-state index contributed by atoms with van der Waals surface area (Å²) >= 11 is 5.07. The predicted octanol–water partition coefficient (Wildman–Crippen LogP) is 4.79. The van der Waals surface area contributed by atoms with Gasteiger partial charge in [0.25, 0.3) is 0 Å². The van der Waals surface area contributed by atoms with Crippen molar-refractivity contribution in [3.05, 3.63) is 54.0 Å². The Hall–Kier alpha value is 1.34. The predicted molar refractivity (Wildman–Crippen MR) is 78.2 cm³/mol. The van der Waals surface area contributed by atoms with Gasteiger partial charge in [-0.1, -0.05) is 49.6 Å². The molecule has 0 aliphatic carbocycles. The molecule has 0 saturated heterocycles. The van der Waals surface area contributed by atoms with Gasteiger partial charge in [-0.2, -0.15) is 0 Å². The SMILES string of the molecule is C=C=C(O)C(C)c1ccccc1.[I][Sm][I]. The molecule has 15 heavy (non-hydrogen) atoms. The second-order valence-corrected chi connectivity index (χ2v) is 22.2. The monoisotopic (exact) mass is 566 g/mol. The number of allylic oxidation sites excluding steroid dienone is 1. The first-order chi connectivity index (χ1) is 7.17. The number of aliphatic hydroxyl groups is 1. The van der Waals surface area contributed by atoms with Crippen LogP contribution in [-0.2, 0) is 0 Å². The summed E-state index contributed by atoms with van der Waals surface area (Å²) in [6.45, 7) is 5.31. The van der Waals surface area contributed by atoms with Crippen LogP contribution in [0.15, 0.2) is 48.4 Å². The molecule has 1 rings (SSSR count). The van der Waals surface area contributed by atoms with Gasteiger partial charge in [0.05, 0.1) is 0 Å².